The molecule has 0 atom stereocenters. The Hall–Kier alpha value is -0.980. The van der Waals surface area contributed by atoms with Crippen LogP contribution in [0.4, 0.5) is 0 Å². The second-order valence-corrected chi connectivity index (χ2v) is 2.60. The fourth-order valence-electron chi connectivity index (χ4n) is 0.760. The molecule has 1 nitrogen and oxygen atoms in total. The summed E-state index contributed by atoms with van der Waals surface area (Å²) >= 11 is 0. The Morgan fingerprint density at radius 2 is 1.70 bits per heavy atom. The smallest absolute Gasteiger partial charge is 0.108 e. The fraction of sp³-hybridized carbons (Fsp3) is 0.333. The van der Waals surface area contributed by atoms with Gasteiger partial charge < -0.3 is 5.11 Å². The zero-order valence-corrected chi connectivity index (χ0v) is 6.81. The van der Waals surface area contributed by atoms with Crippen molar-refractivity contribution in [3.63, 3.8) is 0 Å². The summed E-state index contributed by atoms with van der Waals surface area (Å²) in [4.78, 5) is 0. The van der Waals surface area contributed by atoms with Crippen molar-refractivity contribution in [3.8, 4) is 0 Å². The van der Waals surface area contributed by atoms with E-state index in [1.807, 2.05) is 26.8 Å². The molecule has 0 aromatic heterocycles. The van der Waals surface area contributed by atoms with Crippen LogP contribution in [0.2, 0.25) is 0 Å². The molecule has 0 amide bonds. The first-order valence-corrected chi connectivity index (χ1v) is 3.23. The third-order valence-corrected chi connectivity index (χ3v) is 0.911. The van der Waals surface area contributed by atoms with E-state index in [9.17, 15) is 0 Å². The predicted octanol–water partition coefficient (Wildman–Crippen LogP) is 2.97. The Labute approximate surface area is 62.4 Å². The summed E-state index contributed by atoms with van der Waals surface area (Å²) in [6, 6.07) is 0. The molecule has 10 heavy (non-hydrogen) atoms. The van der Waals surface area contributed by atoms with E-state index >= 15 is 0 Å². The molecule has 0 fully saturated rings. The summed E-state index contributed by atoms with van der Waals surface area (Å²) in [5.74, 6) is 0.106. The van der Waals surface area contributed by atoms with Crippen molar-refractivity contribution in [2.24, 2.45) is 0 Å². The van der Waals surface area contributed by atoms with E-state index in [-0.39, 0.29) is 5.76 Å². The quantitative estimate of drug-likeness (QED) is 0.459. The Balaban J connectivity index is 4.22. The highest BCUT2D eigenvalue weighted by Crippen LogP contribution is 2.02. The molecule has 0 unspecified atom stereocenters. The number of hydrogen-bond acceptors (Lipinski definition) is 1. The van der Waals surface area contributed by atoms with Crippen LogP contribution < -0.4 is 0 Å². The molecule has 56 valence electrons. The van der Waals surface area contributed by atoms with Crippen molar-refractivity contribution in [1.29, 1.82) is 0 Å². The summed E-state index contributed by atoms with van der Waals surface area (Å²) in [5.41, 5.74) is 2.24. The maximum absolute atomic E-state index is 8.74. The summed E-state index contributed by atoms with van der Waals surface area (Å²) in [7, 11) is 0. The van der Waals surface area contributed by atoms with Crippen molar-refractivity contribution in [2.75, 3.05) is 0 Å². The predicted molar refractivity (Wildman–Crippen MR) is 45.0 cm³/mol. The number of hydrogen-bond donors (Lipinski definition) is 1. The van der Waals surface area contributed by atoms with E-state index in [4.69, 9.17) is 5.11 Å². The van der Waals surface area contributed by atoms with Gasteiger partial charge in [-0.15, -0.1) is 0 Å². The highest BCUT2D eigenvalue weighted by Gasteiger charge is 1.84. The van der Waals surface area contributed by atoms with E-state index < -0.39 is 0 Å². The molecule has 0 bridgehead atoms. The van der Waals surface area contributed by atoms with Crippen LogP contribution >= 0.6 is 0 Å². The molecule has 0 aliphatic rings. The largest absolute Gasteiger partial charge is 0.509 e. The molecular weight excluding hydrogens is 124 g/mol. The van der Waals surface area contributed by atoms with Crippen LogP contribution in [0.15, 0.2) is 35.6 Å². The molecule has 1 heteroatoms. The van der Waals surface area contributed by atoms with Gasteiger partial charge in [-0.05, 0) is 32.4 Å². The molecule has 0 saturated carbocycles. The molecule has 0 saturated heterocycles. The molecule has 0 rings (SSSR count). The van der Waals surface area contributed by atoms with E-state index in [0.29, 0.717) is 0 Å². The third-order valence-electron chi connectivity index (χ3n) is 0.911. The zero-order valence-electron chi connectivity index (χ0n) is 6.81. The van der Waals surface area contributed by atoms with Gasteiger partial charge in [0.15, 0.2) is 0 Å². The molecule has 0 aliphatic carbocycles. The molecular formula is C9H14O. The Bertz CT molecular complexity index is 181. The fourth-order valence-corrected chi connectivity index (χ4v) is 0.760. The van der Waals surface area contributed by atoms with Gasteiger partial charge in [0.1, 0.15) is 5.76 Å². The normalized spacial score (nSPS) is 10.9. The maximum atomic E-state index is 8.74. The molecule has 0 aromatic carbocycles. The lowest BCUT2D eigenvalue weighted by molar-refractivity contribution is 0.435. The van der Waals surface area contributed by atoms with Crippen molar-refractivity contribution in [1.82, 2.24) is 0 Å². The van der Waals surface area contributed by atoms with Gasteiger partial charge in [-0.1, -0.05) is 18.2 Å². The van der Waals surface area contributed by atoms with E-state index in [1.165, 1.54) is 5.57 Å². The van der Waals surface area contributed by atoms with E-state index in [2.05, 4.69) is 6.58 Å². The van der Waals surface area contributed by atoms with Crippen LogP contribution in [0.1, 0.15) is 20.8 Å². The van der Waals surface area contributed by atoms with Crippen LogP contribution in [0.25, 0.3) is 0 Å². The van der Waals surface area contributed by atoms with Crippen molar-refractivity contribution < 1.29 is 5.11 Å². The number of rotatable bonds is 2. The Kier molecular flexibility index (Phi) is 3.55. The lowest BCUT2D eigenvalue weighted by Crippen LogP contribution is -1.74. The Morgan fingerprint density at radius 3 is 2.00 bits per heavy atom. The second kappa shape index (κ2) is 3.94. The molecule has 1 N–H and O–H groups in total. The van der Waals surface area contributed by atoms with Gasteiger partial charge in [0.05, 0.1) is 0 Å². The van der Waals surface area contributed by atoms with Gasteiger partial charge in [0, 0.05) is 0 Å². The monoisotopic (exact) mass is 138 g/mol. The third kappa shape index (κ3) is 5.16. The summed E-state index contributed by atoms with van der Waals surface area (Å²) in [5, 5.41) is 8.74. The molecule has 0 aliphatic heterocycles. The first kappa shape index (κ1) is 9.02. The topological polar surface area (TPSA) is 20.2 Å². The minimum atomic E-state index is 0.106. The summed E-state index contributed by atoms with van der Waals surface area (Å²) in [6.45, 7) is 9.30. The average Bonchev–Trinajstić information content (AvgIpc) is 1.58. The molecule has 0 heterocycles. The van der Waals surface area contributed by atoms with E-state index in [0.717, 1.165) is 5.57 Å². The van der Waals surface area contributed by atoms with Crippen LogP contribution in [-0.2, 0) is 0 Å². The van der Waals surface area contributed by atoms with Crippen LogP contribution in [0.3, 0.4) is 0 Å². The first-order chi connectivity index (χ1) is 4.52. The van der Waals surface area contributed by atoms with Crippen LogP contribution in [-0.4, -0.2) is 5.11 Å². The number of aliphatic hydroxyl groups excluding tert-OH is 1. The van der Waals surface area contributed by atoms with Crippen molar-refractivity contribution >= 4 is 0 Å². The van der Waals surface area contributed by atoms with Crippen molar-refractivity contribution in [2.45, 2.75) is 20.8 Å². The summed E-state index contributed by atoms with van der Waals surface area (Å²) in [6.07, 6.45) is 3.62. The highest BCUT2D eigenvalue weighted by atomic mass is 16.3. The minimum absolute atomic E-state index is 0.106. The number of allylic oxidation sites excluding steroid dienone is 4. The Morgan fingerprint density at radius 1 is 1.20 bits per heavy atom. The lowest BCUT2D eigenvalue weighted by Gasteiger charge is -1.92. The SMILES string of the molecule is C=C(O)/C=C(/C)C=C(C)C. The highest BCUT2D eigenvalue weighted by molar-refractivity contribution is 5.25. The number of aliphatic hydroxyl groups is 1. The molecule has 0 aromatic rings. The standard InChI is InChI=1S/C9H14O/c1-7(2)5-8(3)6-9(4)10/h5-6,10H,4H2,1-3H3/b8-6-. The van der Waals surface area contributed by atoms with Crippen LogP contribution in [0.5, 0.6) is 0 Å². The second-order valence-electron chi connectivity index (χ2n) is 2.60. The lowest BCUT2D eigenvalue weighted by atomic mass is 10.2. The van der Waals surface area contributed by atoms with Gasteiger partial charge in [-0.3, -0.25) is 0 Å². The van der Waals surface area contributed by atoms with Crippen molar-refractivity contribution in [3.05, 3.63) is 35.6 Å². The summed E-state index contributed by atoms with van der Waals surface area (Å²) < 4.78 is 0. The molecule has 0 spiro atoms. The van der Waals surface area contributed by atoms with Gasteiger partial charge in [-0.25, -0.2) is 0 Å². The first-order valence-electron chi connectivity index (χ1n) is 3.23. The van der Waals surface area contributed by atoms with E-state index in [1.54, 1.807) is 6.08 Å². The van der Waals surface area contributed by atoms with Gasteiger partial charge in [0.2, 0.25) is 0 Å². The minimum Gasteiger partial charge on any atom is -0.509 e. The molecule has 0 radical (unpaired) electrons. The zero-order chi connectivity index (χ0) is 8.15. The van der Waals surface area contributed by atoms with Gasteiger partial charge in [0.25, 0.3) is 0 Å². The van der Waals surface area contributed by atoms with Crippen LogP contribution in [0, 0.1) is 0 Å². The average molecular weight is 138 g/mol. The van der Waals surface area contributed by atoms with Gasteiger partial charge in [-0.2, -0.15) is 0 Å². The van der Waals surface area contributed by atoms with Gasteiger partial charge >= 0.3 is 0 Å². The maximum Gasteiger partial charge on any atom is 0.108 e.